The number of aliphatic carboxylic acids is 1. The minimum Gasteiger partial charge on any atom is -0.493 e. The molecule has 0 aliphatic carbocycles. The van der Waals surface area contributed by atoms with E-state index in [1.165, 1.54) is 6.92 Å². The molecule has 4 nitrogen and oxygen atoms in total. The van der Waals surface area contributed by atoms with Crippen molar-refractivity contribution in [3.05, 3.63) is 29.3 Å². The third-order valence-corrected chi connectivity index (χ3v) is 2.71. The molecule has 0 fully saturated rings. The molecule has 0 aliphatic rings. The predicted octanol–water partition coefficient (Wildman–Crippen LogP) is 1.87. The quantitative estimate of drug-likeness (QED) is 0.820. The van der Waals surface area contributed by atoms with Gasteiger partial charge in [0.05, 0.1) is 6.61 Å². The Hall–Kier alpha value is -1.55. The van der Waals surface area contributed by atoms with Gasteiger partial charge in [-0.05, 0) is 38.0 Å². The van der Waals surface area contributed by atoms with Crippen LogP contribution in [0.4, 0.5) is 0 Å². The summed E-state index contributed by atoms with van der Waals surface area (Å²) in [4.78, 5) is 10.8. The predicted molar refractivity (Wildman–Crippen MR) is 66.3 cm³/mol. The van der Waals surface area contributed by atoms with Gasteiger partial charge in [-0.2, -0.15) is 0 Å². The fourth-order valence-electron chi connectivity index (χ4n) is 1.34. The van der Waals surface area contributed by atoms with Crippen molar-refractivity contribution in [2.45, 2.75) is 32.7 Å². The Morgan fingerprint density at radius 1 is 1.47 bits per heavy atom. The van der Waals surface area contributed by atoms with Crippen LogP contribution in [0.25, 0.3) is 0 Å². The number of carbonyl (C=O) groups is 1. The van der Waals surface area contributed by atoms with E-state index in [9.17, 15) is 4.79 Å². The fourth-order valence-corrected chi connectivity index (χ4v) is 1.34. The molecule has 3 N–H and O–H groups in total. The molecule has 4 heteroatoms. The van der Waals surface area contributed by atoms with Gasteiger partial charge in [0.15, 0.2) is 0 Å². The van der Waals surface area contributed by atoms with E-state index in [0.29, 0.717) is 6.61 Å². The van der Waals surface area contributed by atoms with Crippen LogP contribution in [0.3, 0.4) is 0 Å². The highest BCUT2D eigenvalue weighted by molar-refractivity contribution is 5.77. The number of hydrogen-bond donors (Lipinski definition) is 2. The maximum atomic E-state index is 10.8. The third-order valence-electron chi connectivity index (χ3n) is 2.71. The highest BCUT2D eigenvalue weighted by atomic mass is 16.5. The molecular formula is C13H19NO3. The van der Waals surface area contributed by atoms with E-state index >= 15 is 0 Å². The fraction of sp³-hybridized carbons (Fsp3) is 0.462. The molecule has 1 unspecified atom stereocenters. The zero-order chi connectivity index (χ0) is 13.1. The van der Waals surface area contributed by atoms with Crippen LogP contribution in [0, 0.1) is 13.8 Å². The standard InChI is InChI=1S/C13H19NO3/c1-9-4-5-10(2)11(8-9)17-7-6-13(3,14)12(15)16/h4-5,8H,6-7,14H2,1-3H3,(H,15,16). The van der Waals surface area contributed by atoms with Crippen molar-refractivity contribution >= 4 is 5.97 Å². The van der Waals surface area contributed by atoms with E-state index in [2.05, 4.69) is 0 Å². The Labute approximate surface area is 101 Å². The van der Waals surface area contributed by atoms with Crippen molar-refractivity contribution in [1.29, 1.82) is 0 Å². The molecular weight excluding hydrogens is 218 g/mol. The van der Waals surface area contributed by atoms with Crippen molar-refractivity contribution in [3.8, 4) is 5.75 Å². The number of rotatable bonds is 5. The van der Waals surface area contributed by atoms with E-state index in [1.807, 2.05) is 32.0 Å². The number of carboxylic acid groups (broad SMARTS) is 1. The molecule has 1 aromatic rings. The summed E-state index contributed by atoms with van der Waals surface area (Å²) in [5.74, 6) is -0.228. The summed E-state index contributed by atoms with van der Waals surface area (Å²) in [7, 11) is 0. The lowest BCUT2D eigenvalue weighted by atomic mass is 10.0. The van der Waals surface area contributed by atoms with Gasteiger partial charge in [-0.1, -0.05) is 12.1 Å². The zero-order valence-corrected chi connectivity index (χ0v) is 10.5. The monoisotopic (exact) mass is 237 g/mol. The van der Waals surface area contributed by atoms with E-state index in [0.717, 1.165) is 16.9 Å². The Morgan fingerprint density at radius 2 is 2.12 bits per heavy atom. The molecule has 1 rings (SSSR count). The van der Waals surface area contributed by atoms with Gasteiger partial charge in [0, 0.05) is 6.42 Å². The smallest absolute Gasteiger partial charge is 0.323 e. The molecule has 0 aliphatic heterocycles. The van der Waals surface area contributed by atoms with Crippen LogP contribution in [0.15, 0.2) is 18.2 Å². The van der Waals surface area contributed by atoms with Crippen LogP contribution in [0.2, 0.25) is 0 Å². The summed E-state index contributed by atoms with van der Waals surface area (Å²) in [5, 5.41) is 8.86. The molecule has 17 heavy (non-hydrogen) atoms. The molecule has 0 radical (unpaired) electrons. The second-order valence-corrected chi connectivity index (χ2v) is 4.59. The zero-order valence-electron chi connectivity index (χ0n) is 10.5. The molecule has 0 spiro atoms. The average Bonchev–Trinajstić information content (AvgIpc) is 2.22. The normalized spacial score (nSPS) is 14.1. The van der Waals surface area contributed by atoms with E-state index in [-0.39, 0.29) is 6.42 Å². The maximum absolute atomic E-state index is 10.8. The lowest BCUT2D eigenvalue weighted by Gasteiger charge is -2.19. The minimum absolute atomic E-state index is 0.274. The Balaban J connectivity index is 2.57. The first kappa shape index (κ1) is 13.5. The SMILES string of the molecule is Cc1ccc(C)c(OCCC(C)(N)C(=O)O)c1. The average molecular weight is 237 g/mol. The third kappa shape index (κ3) is 3.75. The first-order valence-electron chi connectivity index (χ1n) is 5.55. The molecule has 1 atom stereocenters. The molecule has 1 aromatic carbocycles. The lowest BCUT2D eigenvalue weighted by molar-refractivity contribution is -0.143. The molecule has 0 bridgehead atoms. The largest absolute Gasteiger partial charge is 0.493 e. The van der Waals surface area contributed by atoms with Crippen LogP contribution in [-0.4, -0.2) is 23.2 Å². The highest BCUT2D eigenvalue weighted by Gasteiger charge is 2.27. The minimum atomic E-state index is -1.24. The van der Waals surface area contributed by atoms with Gasteiger partial charge in [-0.15, -0.1) is 0 Å². The van der Waals surface area contributed by atoms with Gasteiger partial charge >= 0.3 is 5.97 Å². The molecule has 0 heterocycles. The second kappa shape index (κ2) is 5.19. The van der Waals surface area contributed by atoms with Crippen LogP contribution in [-0.2, 0) is 4.79 Å². The van der Waals surface area contributed by atoms with Crippen LogP contribution >= 0.6 is 0 Å². The Bertz CT molecular complexity index is 413. The van der Waals surface area contributed by atoms with Crippen molar-refractivity contribution in [1.82, 2.24) is 0 Å². The van der Waals surface area contributed by atoms with Crippen molar-refractivity contribution in [2.75, 3.05) is 6.61 Å². The van der Waals surface area contributed by atoms with Crippen LogP contribution < -0.4 is 10.5 Å². The summed E-state index contributed by atoms with van der Waals surface area (Å²) >= 11 is 0. The highest BCUT2D eigenvalue weighted by Crippen LogP contribution is 2.19. The van der Waals surface area contributed by atoms with E-state index in [4.69, 9.17) is 15.6 Å². The first-order chi connectivity index (χ1) is 7.83. The van der Waals surface area contributed by atoms with Gasteiger partial charge in [0.2, 0.25) is 0 Å². The molecule has 0 saturated carbocycles. The number of aryl methyl sites for hydroxylation is 2. The Morgan fingerprint density at radius 3 is 2.71 bits per heavy atom. The van der Waals surface area contributed by atoms with E-state index < -0.39 is 11.5 Å². The van der Waals surface area contributed by atoms with Crippen molar-refractivity contribution in [2.24, 2.45) is 5.73 Å². The molecule has 0 saturated heterocycles. The first-order valence-corrected chi connectivity index (χ1v) is 5.55. The van der Waals surface area contributed by atoms with E-state index in [1.54, 1.807) is 0 Å². The number of carboxylic acids is 1. The Kier molecular flexibility index (Phi) is 4.12. The van der Waals surface area contributed by atoms with Crippen LogP contribution in [0.5, 0.6) is 5.75 Å². The topological polar surface area (TPSA) is 72.5 Å². The van der Waals surface area contributed by atoms with Gasteiger partial charge < -0.3 is 15.6 Å². The molecule has 94 valence electrons. The number of benzene rings is 1. The molecule has 0 aromatic heterocycles. The van der Waals surface area contributed by atoms with Gasteiger partial charge in [0.25, 0.3) is 0 Å². The summed E-state index contributed by atoms with van der Waals surface area (Å²) in [6.45, 7) is 5.72. The number of hydrogen-bond acceptors (Lipinski definition) is 3. The lowest BCUT2D eigenvalue weighted by Crippen LogP contribution is -2.45. The second-order valence-electron chi connectivity index (χ2n) is 4.59. The van der Waals surface area contributed by atoms with Gasteiger partial charge in [-0.3, -0.25) is 4.79 Å². The summed E-state index contributed by atoms with van der Waals surface area (Å²) in [6, 6.07) is 5.92. The van der Waals surface area contributed by atoms with Gasteiger partial charge in [0.1, 0.15) is 11.3 Å². The number of ether oxygens (including phenoxy) is 1. The number of nitrogens with two attached hydrogens (primary N) is 1. The maximum Gasteiger partial charge on any atom is 0.323 e. The van der Waals surface area contributed by atoms with Crippen molar-refractivity contribution < 1.29 is 14.6 Å². The molecule has 0 amide bonds. The summed E-state index contributed by atoms with van der Waals surface area (Å²) in [6.07, 6.45) is 0.274. The summed E-state index contributed by atoms with van der Waals surface area (Å²) < 4.78 is 5.56. The van der Waals surface area contributed by atoms with Gasteiger partial charge in [-0.25, -0.2) is 0 Å². The summed E-state index contributed by atoms with van der Waals surface area (Å²) in [5.41, 5.74) is 6.52. The van der Waals surface area contributed by atoms with Crippen molar-refractivity contribution in [3.63, 3.8) is 0 Å². The van der Waals surface area contributed by atoms with Crippen LogP contribution in [0.1, 0.15) is 24.5 Å².